The van der Waals surface area contributed by atoms with Crippen LogP contribution >= 0.6 is 11.8 Å². The van der Waals surface area contributed by atoms with Gasteiger partial charge >= 0.3 is 5.97 Å². The van der Waals surface area contributed by atoms with E-state index >= 15 is 0 Å². The largest absolute Gasteiger partial charge is 0.492 e. The monoisotopic (exact) mass is 308 g/mol. The van der Waals surface area contributed by atoms with E-state index in [9.17, 15) is 4.79 Å². The van der Waals surface area contributed by atoms with Crippen LogP contribution in [0.3, 0.4) is 0 Å². The summed E-state index contributed by atoms with van der Waals surface area (Å²) in [5.41, 5.74) is 1.79. The summed E-state index contributed by atoms with van der Waals surface area (Å²) in [7, 11) is 0. The third kappa shape index (κ3) is 3.32. The van der Waals surface area contributed by atoms with Crippen LogP contribution in [0.4, 0.5) is 0 Å². The minimum Gasteiger partial charge on any atom is -0.492 e. The summed E-state index contributed by atoms with van der Waals surface area (Å²) in [6.45, 7) is 6.73. The summed E-state index contributed by atoms with van der Waals surface area (Å²) in [6, 6.07) is 6.09. The molecule has 0 radical (unpaired) electrons. The van der Waals surface area contributed by atoms with Crippen molar-refractivity contribution in [1.29, 1.82) is 0 Å². The SMILES string of the molecule is CCOc1cccc2c1nc(SCC(=O)O)n2C(C)CC. The van der Waals surface area contributed by atoms with E-state index in [1.54, 1.807) is 0 Å². The predicted molar refractivity (Wildman–Crippen MR) is 84.3 cm³/mol. The summed E-state index contributed by atoms with van der Waals surface area (Å²) in [5, 5.41) is 9.62. The number of aliphatic carboxylic acids is 1. The van der Waals surface area contributed by atoms with Gasteiger partial charge < -0.3 is 14.4 Å². The van der Waals surface area contributed by atoms with Gasteiger partial charge in [-0.1, -0.05) is 24.8 Å². The van der Waals surface area contributed by atoms with Crippen molar-refractivity contribution in [3.05, 3.63) is 18.2 Å². The average molecular weight is 308 g/mol. The second-order valence-corrected chi connectivity index (χ2v) is 5.70. The first-order chi connectivity index (χ1) is 10.1. The Hall–Kier alpha value is -1.69. The summed E-state index contributed by atoms with van der Waals surface area (Å²) >= 11 is 1.25. The van der Waals surface area contributed by atoms with Crippen molar-refractivity contribution in [2.45, 2.75) is 38.4 Å². The van der Waals surface area contributed by atoms with Crippen LogP contribution in [0.2, 0.25) is 0 Å². The van der Waals surface area contributed by atoms with Crippen LogP contribution in [-0.4, -0.2) is 33.0 Å². The van der Waals surface area contributed by atoms with Crippen LogP contribution in [0.1, 0.15) is 33.2 Å². The molecule has 1 unspecified atom stereocenters. The molecule has 21 heavy (non-hydrogen) atoms. The van der Waals surface area contributed by atoms with Gasteiger partial charge in [0.2, 0.25) is 0 Å². The lowest BCUT2D eigenvalue weighted by atomic mass is 10.2. The molecule has 0 saturated heterocycles. The fraction of sp³-hybridized carbons (Fsp3) is 0.467. The lowest BCUT2D eigenvalue weighted by Gasteiger charge is -2.15. The van der Waals surface area contributed by atoms with Crippen LogP contribution in [0.25, 0.3) is 11.0 Å². The lowest BCUT2D eigenvalue weighted by Crippen LogP contribution is -2.07. The number of carboxylic acid groups (broad SMARTS) is 1. The van der Waals surface area contributed by atoms with Crippen molar-refractivity contribution in [3.8, 4) is 5.75 Å². The molecule has 1 heterocycles. The van der Waals surface area contributed by atoms with E-state index in [-0.39, 0.29) is 11.8 Å². The van der Waals surface area contributed by atoms with Gasteiger partial charge in [0, 0.05) is 6.04 Å². The minimum absolute atomic E-state index is 0.00369. The number of benzene rings is 1. The molecule has 5 nitrogen and oxygen atoms in total. The van der Waals surface area contributed by atoms with Crippen molar-refractivity contribution in [3.63, 3.8) is 0 Å². The summed E-state index contributed by atoms with van der Waals surface area (Å²) in [6.07, 6.45) is 0.949. The maximum Gasteiger partial charge on any atom is 0.313 e. The van der Waals surface area contributed by atoms with E-state index < -0.39 is 5.97 Å². The smallest absolute Gasteiger partial charge is 0.313 e. The molecule has 6 heteroatoms. The first kappa shape index (κ1) is 15.7. The molecule has 0 aliphatic rings. The van der Waals surface area contributed by atoms with E-state index in [2.05, 4.69) is 23.4 Å². The van der Waals surface area contributed by atoms with Crippen LogP contribution in [0.5, 0.6) is 5.75 Å². The number of para-hydroxylation sites is 1. The summed E-state index contributed by atoms with van der Waals surface area (Å²) in [4.78, 5) is 15.4. The fourth-order valence-electron chi connectivity index (χ4n) is 2.18. The zero-order valence-corrected chi connectivity index (χ0v) is 13.3. The Morgan fingerprint density at radius 3 is 2.86 bits per heavy atom. The molecule has 1 aromatic carbocycles. The third-order valence-electron chi connectivity index (χ3n) is 3.31. The molecule has 0 fully saturated rings. The molecule has 114 valence electrons. The maximum absolute atomic E-state index is 10.8. The van der Waals surface area contributed by atoms with Crippen LogP contribution < -0.4 is 4.74 Å². The second-order valence-electron chi connectivity index (χ2n) is 4.76. The lowest BCUT2D eigenvalue weighted by molar-refractivity contribution is -0.133. The number of rotatable bonds is 7. The van der Waals surface area contributed by atoms with Crippen molar-refractivity contribution < 1.29 is 14.6 Å². The molecule has 0 spiro atoms. The Kier molecular flexibility index (Phi) is 5.12. The van der Waals surface area contributed by atoms with E-state index in [0.717, 1.165) is 28.4 Å². The van der Waals surface area contributed by atoms with Crippen LogP contribution in [0.15, 0.2) is 23.4 Å². The standard InChI is InChI=1S/C15H20N2O3S/c1-4-10(3)17-11-7-6-8-12(20-5-2)14(11)16-15(17)21-9-13(18)19/h6-8,10H,4-5,9H2,1-3H3,(H,18,19). The molecule has 1 aromatic heterocycles. The Morgan fingerprint density at radius 1 is 1.48 bits per heavy atom. The Morgan fingerprint density at radius 2 is 2.24 bits per heavy atom. The van der Waals surface area contributed by atoms with Gasteiger partial charge in [-0.25, -0.2) is 4.98 Å². The highest BCUT2D eigenvalue weighted by molar-refractivity contribution is 7.99. The van der Waals surface area contributed by atoms with Gasteiger partial charge in [-0.15, -0.1) is 0 Å². The van der Waals surface area contributed by atoms with Gasteiger partial charge in [0.25, 0.3) is 0 Å². The molecule has 0 aliphatic heterocycles. The zero-order chi connectivity index (χ0) is 15.4. The number of carbonyl (C=O) groups is 1. The Balaban J connectivity index is 2.54. The molecule has 0 aliphatic carbocycles. The Bertz CT molecular complexity index is 639. The van der Waals surface area contributed by atoms with Gasteiger partial charge in [-0.3, -0.25) is 4.79 Å². The topological polar surface area (TPSA) is 64.3 Å². The summed E-state index contributed by atoms with van der Waals surface area (Å²) in [5.74, 6) is -0.0917. The second kappa shape index (κ2) is 6.85. The quantitative estimate of drug-likeness (QED) is 0.792. The highest BCUT2D eigenvalue weighted by Gasteiger charge is 2.18. The third-order valence-corrected chi connectivity index (χ3v) is 4.24. The molecule has 2 rings (SSSR count). The molecular formula is C15H20N2O3S. The van der Waals surface area contributed by atoms with Gasteiger partial charge in [-0.2, -0.15) is 0 Å². The fourth-order valence-corrected chi connectivity index (χ4v) is 3.00. The van der Waals surface area contributed by atoms with Crippen molar-refractivity contribution in [2.75, 3.05) is 12.4 Å². The molecule has 1 atom stereocenters. The first-order valence-electron chi connectivity index (χ1n) is 7.06. The van der Waals surface area contributed by atoms with Crippen LogP contribution in [-0.2, 0) is 4.79 Å². The molecule has 0 saturated carbocycles. The molecule has 0 amide bonds. The number of carboxylic acids is 1. The minimum atomic E-state index is -0.840. The number of thioether (sulfide) groups is 1. The number of aromatic nitrogens is 2. The maximum atomic E-state index is 10.8. The van der Waals surface area contributed by atoms with E-state index in [1.807, 2.05) is 25.1 Å². The van der Waals surface area contributed by atoms with Crippen molar-refractivity contribution >= 4 is 28.8 Å². The number of hydrogen-bond acceptors (Lipinski definition) is 4. The number of imidazole rings is 1. The normalized spacial score (nSPS) is 12.5. The Labute approximate surface area is 128 Å². The van der Waals surface area contributed by atoms with Gasteiger partial charge in [0.1, 0.15) is 11.3 Å². The summed E-state index contributed by atoms with van der Waals surface area (Å²) < 4.78 is 7.73. The van der Waals surface area contributed by atoms with Crippen LogP contribution in [0, 0.1) is 0 Å². The zero-order valence-electron chi connectivity index (χ0n) is 12.5. The van der Waals surface area contributed by atoms with E-state index in [0.29, 0.717) is 6.61 Å². The van der Waals surface area contributed by atoms with Gasteiger partial charge in [0.15, 0.2) is 5.16 Å². The number of hydrogen-bond donors (Lipinski definition) is 1. The first-order valence-corrected chi connectivity index (χ1v) is 8.05. The molecule has 1 N–H and O–H groups in total. The average Bonchev–Trinajstić information content (AvgIpc) is 2.84. The predicted octanol–water partition coefficient (Wildman–Crippen LogP) is 3.58. The van der Waals surface area contributed by atoms with E-state index in [1.165, 1.54) is 11.8 Å². The van der Waals surface area contributed by atoms with Gasteiger partial charge in [-0.05, 0) is 32.4 Å². The highest BCUT2D eigenvalue weighted by Crippen LogP contribution is 2.33. The molecular weight excluding hydrogens is 288 g/mol. The number of ether oxygens (including phenoxy) is 1. The van der Waals surface area contributed by atoms with Crippen molar-refractivity contribution in [2.24, 2.45) is 0 Å². The van der Waals surface area contributed by atoms with E-state index in [4.69, 9.17) is 9.84 Å². The van der Waals surface area contributed by atoms with Crippen molar-refractivity contribution in [1.82, 2.24) is 9.55 Å². The number of nitrogens with zero attached hydrogens (tertiary/aromatic N) is 2. The molecule has 0 bridgehead atoms. The molecule has 2 aromatic rings. The highest BCUT2D eigenvalue weighted by atomic mass is 32.2. The number of fused-ring (bicyclic) bond motifs is 1. The van der Waals surface area contributed by atoms with Gasteiger partial charge in [0.05, 0.1) is 17.9 Å².